The van der Waals surface area contributed by atoms with E-state index in [2.05, 4.69) is 0 Å². The molecule has 84 valence electrons. The van der Waals surface area contributed by atoms with E-state index in [-0.39, 0.29) is 5.48 Å². The Morgan fingerprint density at radius 1 is 0.692 bits per heavy atom. The molecule has 0 aromatic carbocycles. The molecule has 0 bridgehead atoms. The SMILES string of the molecule is CC.CC.O.O=C(O)O.O=C(O)O. The Balaban J connectivity index is -0.0000000226. The summed E-state index contributed by atoms with van der Waals surface area (Å²) in [6.07, 6.45) is -3.67. The molecule has 13 heavy (non-hydrogen) atoms. The Morgan fingerprint density at radius 3 is 0.692 bits per heavy atom. The quantitative estimate of drug-likeness (QED) is 0.469. The van der Waals surface area contributed by atoms with Crippen LogP contribution in [-0.2, 0) is 0 Å². The van der Waals surface area contributed by atoms with Gasteiger partial charge < -0.3 is 25.9 Å². The number of hydrogen-bond donors (Lipinski definition) is 4. The Kier molecular flexibility index (Phi) is 108. The van der Waals surface area contributed by atoms with Gasteiger partial charge in [-0.25, -0.2) is 9.59 Å². The highest BCUT2D eigenvalue weighted by Gasteiger charge is 1.70. The first-order chi connectivity index (χ1) is 5.46. The lowest BCUT2D eigenvalue weighted by molar-refractivity contribution is 0.135. The molecule has 0 saturated carbocycles. The second-order valence-corrected chi connectivity index (χ2v) is 0.565. The minimum Gasteiger partial charge on any atom is -0.450 e. The van der Waals surface area contributed by atoms with Crippen LogP contribution in [0.5, 0.6) is 0 Å². The van der Waals surface area contributed by atoms with Gasteiger partial charge in [-0.2, -0.15) is 0 Å². The summed E-state index contributed by atoms with van der Waals surface area (Å²) in [5.74, 6) is 0. The second kappa shape index (κ2) is 46.8. The summed E-state index contributed by atoms with van der Waals surface area (Å²) in [5, 5.41) is 27.9. The molecule has 0 rings (SSSR count). The monoisotopic (exact) mass is 202 g/mol. The summed E-state index contributed by atoms with van der Waals surface area (Å²) in [7, 11) is 0. The maximum Gasteiger partial charge on any atom is 0.503 e. The average Bonchev–Trinajstić information content (AvgIpc) is 1.93. The molecule has 0 atom stereocenters. The molecule has 0 aliphatic carbocycles. The number of carbonyl (C=O) groups is 2. The van der Waals surface area contributed by atoms with E-state index in [9.17, 15) is 0 Å². The van der Waals surface area contributed by atoms with Crippen LogP contribution in [-0.4, -0.2) is 38.2 Å². The summed E-state index contributed by atoms with van der Waals surface area (Å²) >= 11 is 0. The fraction of sp³-hybridized carbons (Fsp3) is 0.667. The highest BCUT2D eigenvalue weighted by atomic mass is 16.6. The molecule has 0 saturated heterocycles. The molecule has 7 nitrogen and oxygen atoms in total. The maximum atomic E-state index is 8.56. The van der Waals surface area contributed by atoms with Gasteiger partial charge in [-0.05, 0) is 0 Å². The molecule has 0 aromatic heterocycles. The van der Waals surface area contributed by atoms with E-state index >= 15 is 0 Å². The number of rotatable bonds is 0. The minimum atomic E-state index is -1.83. The molecule has 0 aliphatic heterocycles. The zero-order valence-electron chi connectivity index (χ0n) is 8.11. The lowest BCUT2D eigenvalue weighted by Gasteiger charge is -1.60. The van der Waals surface area contributed by atoms with Gasteiger partial charge in [0.05, 0.1) is 0 Å². The zero-order valence-corrected chi connectivity index (χ0v) is 8.11. The lowest BCUT2D eigenvalue weighted by Crippen LogP contribution is -1.81. The summed E-state index contributed by atoms with van der Waals surface area (Å²) in [6.45, 7) is 8.00. The van der Waals surface area contributed by atoms with Crippen molar-refractivity contribution < 1.29 is 35.5 Å². The molecule has 0 spiro atoms. The Labute approximate surface area is 76.6 Å². The van der Waals surface area contributed by atoms with Crippen molar-refractivity contribution in [3.8, 4) is 0 Å². The van der Waals surface area contributed by atoms with E-state index in [0.29, 0.717) is 0 Å². The van der Waals surface area contributed by atoms with Crippen molar-refractivity contribution in [2.75, 3.05) is 0 Å². The summed E-state index contributed by atoms with van der Waals surface area (Å²) in [6, 6.07) is 0. The molecule has 0 unspecified atom stereocenters. The molecule has 7 heteroatoms. The summed E-state index contributed by atoms with van der Waals surface area (Å²) in [5.41, 5.74) is 0. The molecule has 0 aliphatic rings. The highest BCUT2D eigenvalue weighted by Crippen LogP contribution is 1.43. The van der Waals surface area contributed by atoms with Crippen molar-refractivity contribution in [3.63, 3.8) is 0 Å². The first-order valence-electron chi connectivity index (χ1n) is 3.30. The first-order valence-corrected chi connectivity index (χ1v) is 3.30. The summed E-state index contributed by atoms with van der Waals surface area (Å²) in [4.78, 5) is 17.1. The predicted molar refractivity (Wildman–Crippen MR) is 47.6 cm³/mol. The normalized spacial score (nSPS) is 4.62. The molecule has 0 aromatic rings. The van der Waals surface area contributed by atoms with Crippen LogP contribution in [0.3, 0.4) is 0 Å². The van der Waals surface area contributed by atoms with Gasteiger partial charge in [0.15, 0.2) is 0 Å². The van der Waals surface area contributed by atoms with Crippen LogP contribution in [0.4, 0.5) is 9.59 Å². The van der Waals surface area contributed by atoms with E-state index in [1.54, 1.807) is 0 Å². The molecular formula is C6H18O7. The van der Waals surface area contributed by atoms with Crippen molar-refractivity contribution in [2.24, 2.45) is 0 Å². The molecule has 0 fully saturated rings. The van der Waals surface area contributed by atoms with Gasteiger partial charge in [0.1, 0.15) is 0 Å². The van der Waals surface area contributed by atoms with Gasteiger partial charge in [-0.15, -0.1) is 0 Å². The van der Waals surface area contributed by atoms with Gasteiger partial charge in [-0.1, -0.05) is 27.7 Å². The fourth-order valence-electron chi connectivity index (χ4n) is 0. The van der Waals surface area contributed by atoms with Gasteiger partial charge in [0.2, 0.25) is 0 Å². The van der Waals surface area contributed by atoms with Gasteiger partial charge >= 0.3 is 12.3 Å². The van der Waals surface area contributed by atoms with Crippen LogP contribution >= 0.6 is 0 Å². The van der Waals surface area contributed by atoms with Crippen molar-refractivity contribution in [1.29, 1.82) is 0 Å². The molecular weight excluding hydrogens is 184 g/mol. The van der Waals surface area contributed by atoms with Gasteiger partial charge in [-0.3, -0.25) is 0 Å². The van der Waals surface area contributed by atoms with Crippen molar-refractivity contribution >= 4 is 12.3 Å². The molecule has 0 radical (unpaired) electrons. The van der Waals surface area contributed by atoms with Crippen LogP contribution in [0.15, 0.2) is 0 Å². The Morgan fingerprint density at radius 2 is 0.692 bits per heavy atom. The van der Waals surface area contributed by atoms with Gasteiger partial charge in [0, 0.05) is 0 Å². The van der Waals surface area contributed by atoms with Crippen LogP contribution < -0.4 is 0 Å². The third-order valence-corrected chi connectivity index (χ3v) is 0. The third-order valence-electron chi connectivity index (χ3n) is 0. The van der Waals surface area contributed by atoms with E-state index in [1.807, 2.05) is 27.7 Å². The minimum absolute atomic E-state index is 0. The van der Waals surface area contributed by atoms with Crippen LogP contribution in [0.2, 0.25) is 0 Å². The average molecular weight is 202 g/mol. The van der Waals surface area contributed by atoms with Crippen molar-refractivity contribution in [1.82, 2.24) is 0 Å². The van der Waals surface area contributed by atoms with E-state index in [1.165, 1.54) is 0 Å². The third kappa shape index (κ3) is 337. The van der Waals surface area contributed by atoms with Crippen molar-refractivity contribution in [3.05, 3.63) is 0 Å². The van der Waals surface area contributed by atoms with Crippen LogP contribution in [0.1, 0.15) is 27.7 Å². The topological polar surface area (TPSA) is 147 Å². The second-order valence-electron chi connectivity index (χ2n) is 0.565. The Hall–Kier alpha value is -1.50. The van der Waals surface area contributed by atoms with Gasteiger partial charge in [0.25, 0.3) is 0 Å². The Bertz CT molecular complexity index is 71.0. The number of hydrogen-bond acceptors (Lipinski definition) is 2. The highest BCUT2D eigenvalue weighted by molar-refractivity contribution is 5.53. The van der Waals surface area contributed by atoms with Crippen LogP contribution in [0.25, 0.3) is 0 Å². The van der Waals surface area contributed by atoms with Crippen LogP contribution in [0, 0.1) is 0 Å². The standard InChI is InChI=1S/2C2H6.2CH2O3.H2O/c2*1-2;2*2-1(3)4;/h2*1-2H3;2*(H2,2,3,4);1H2. The van der Waals surface area contributed by atoms with Crippen molar-refractivity contribution in [2.45, 2.75) is 27.7 Å². The fourth-order valence-corrected chi connectivity index (χ4v) is 0. The van der Waals surface area contributed by atoms with E-state index in [0.717, 1.165) is 0 Å². The van der Waals surface area contributed by atoms with E-state index < -0.39 is 12.3 Å². The first kappa shape index (κ1) is 30.0. The lowest BCUT2D eigenvalue weighted by atomic mass is 11.0. The molecule has 6 N–H and O–H groups in total. The largest absolute Gasteiger partial charge is 0.503 e. The number of carboxylic acid groups (broad SMARTS) is 4. The zero-order chi connectivity index (χ0) is 11.2. The maximum absolute atomic E-state index is 8.56. The predicted octanol–water partition coefficient (Wildman–Crippen LogP) is 1.67. The van der Waals surface area contributed by atoms with E-state index in [4.69, 9.17) is 30.0 Å². The summed E-state index contributed by atoms with van der Waals surface area (Å²) < 4.78 is 0. The molecule has 0 amide bonds. The smallest absolute Gasteiger partial charge is 0.450 e. The molecule has 0 heterocycles.